The number of imidazole rings is 1. The third kappa shape index (κ3) is 2.77. The third-order valence-corrected chi connectivity index (χ3v) is 3.55. The minimum Gasteiger partial charge on any atom is -0.492 e. The van der Waals surface area contributed by atoms with Gasteiger partial charge in [-0.1, -0.05) is 13.8 Å². The zero-order valence-electron chi connectivity index (χ0n) is 12.0. The molecule has 1 aliphatic rings. The Morgan fingerprint density at radius 2 is 2.10 bits per heavy atom. The average molecular weight is 288 g/mol. The van der Waals surface area contributed by atoms with E-state index in [0.717, 1.165) is 12.2 Å². The fourth-order valence-electron chi connectivity index (χ4n) is 2.28. The molecule has 1 aromatic carbocycles. The summed E-state index contributed by atoms with van der Waals surface area (Å²) in [5.74, 6) is 1.61. The average Bonchev–Trinajstić information content (AvgIpc) is 3.08. The summed E-state index contributed by atoms with van der Waals surface area (Å²) in [4.78, 5) is 4.05. The van der Waals surface area contributed by atoms with Crippen molar-refractivity contribution in [3.8, 4) is 5.75 Å². The molecule has 1 aromatic heterocycles. The van der Waals surface area contributed by atoms with Crippen LogP contribution in [-0.2, 0) is 4.74 Å². The van der Waals surface area contributed by atoms with Gasteiger partial charge >= 0.3 is 0 Å². The molecule has 2 aromatic rings. The molecule has 0 radical (unpaired) electrons. The lowest BCUT2D eigenvalue weighted by Gasteiger charge is -2.21. The van der Waals surface area contributed by atoms with Crippen molar-refractivity contribution in [1.82, 2.24) is 9.55 Å². The molecule has 2 heterocycles. The largest absolute Gasteiger partial charge is 0.492 e. The summed E-state index contributed by atoms with van der Waals surface area (Å²) in [7, 11) is 0. The fourth-order valence-corrected chi connectivity index (χ4v) is 2.28. The van der Waals surface area contributed by atoms with Crippen LogP contribution in [0.3, 0.4) is 0 Å². The van der Waals surface area contributed by atoms with Gasteiger partial charge in [0.15, 0.2) is 5.76 Å². The highest BCUT2D eigenvalue weighted by molar-refractivity contribution is 5.47. The van der Waals surface area contributed by atoms with E-state index in [1.807, 2.05) is 0 Å². The lowest BCUT2D eigenvalue weighted by atomic mass is 9.89. The van der Waals surface area contributed by atoms with Crippen LogP contribution in [0.15, 0.2) is 48.7 Å². The second kappa shape index (κ2) is 5.24. The van der Waals surface area contributed by atoms with Crippen LogP contribution in [0.2, 0.25) is 0 Å². The van der Waals surface area contributed by atoms with Gasteiger partial charge in [-0.3, -0.25) is 4.57 Å². The molecule has 0 atom stereocenters. The van der Waals surface area contributed by atoms with Crippen molar-refractivity contribution in [3.05, 3.63) is 54.6 Å². The minimum atomic E-state index is -0.295. The van der Waals surface area contributed by atoms with E-state index in [1.54, 1.807) is 35.4 Å². The molecule has 110 valence electrons. The lowest BCUT2D eigenvalue weighted by Crippen LogP contribution is -2.15. The minimum absolute atomic E-state index is 0.111. The Bertz CT molecular complexity index is 645. The van der Waals surface area contributed by atoms with E-state index in [0.29, 0.717) is 18.2 Å². The lowest BCUT2D eigenvalue weighted by molar-refractivity contribution is 0.237. The molecule has 0 amide bonds. The molecule has 1 saturated heterocycles. The highest BCUT2D eigenvalue weighted by Crippen LogP contribution is 2.40. The maximum atomic E-state index is 13.0. The maximum absolute atomic E-state index is 13.0. The molecule has 4 nitrogen and oxygen atoms in total. The second-order valence-corrected chi connectivity index (χ2v) is 5.64. The summed E-state index contributed by atoms with van der Waals surface area (Å²) in [5, 5.41) is 0. The van der Waals surface area contributed by atoms with E-state index in [9.17, 15) is 4.39 Å². The molecule has 5 heteroatoms. The topological polar surface area (TPSA) is 36.3 Å². The SMILES string of the molecule is CC1(C)CCOC1=C(Oc1ccc(F)cc1)n1ccnc1. The van der Waals surface area contributed by atoms with Crippen molar-refractivity contribution in [3.63, 3.8) is 0 Å². The number of aromatic nitrogens is 2. The Hall–Kier alpha value is -2.30. The van der Waals surface area contributed by atoms with Crippen molar-refractivity contribution >= 4 is 5.88 Å². The highest BCUT2D eigenvalue weighted by atomic mass is 19.1. The highest BCUT2D eigenvalue weighted by Gasteiger charge is 2.35. The number of nitrogens with zero attached hydrogens (tertiary/aromatic N) is 2. The molecule has 1 aliphatic heterocycles. The van der Waals surface area contributed by atoms with Crippen molar-refractivity contribution in [2.75, 3.05) is 6.61 Å². The second-order valence-electron chi connectivity index (χ2n) is 5.64. The van der Waals surface area contributed by atoms with Gasteiger partial charge in [-0.15, -0.1) is 0 Å². The Kier molecular flexibility index (Phi) is 3.41. The standard InChI is InChI=1S/C16H17FN2O2/c1-16(2)7-10-20-14(16)15(19-9-8-18-11-19)21-13-5-3-12(17)4-6-13/h3-6,8-9,11H,7,10H2,1-2H3. The van der Waals surface area contributed by atoms with Crippen molar-refractivity contribution < 1.29 is 13.9 Å². The van der Waals surface area contributed by atoms with Crippen molar-refractivity contribution in [2.24, 2.45) is 5.41 Å². The van der Waals surface area contributed by atoms with Crippen molar-refractivity contribution in [2.45, 2.75) is 20.3 Å². The van der Waals surface area contributed by atoms with E-state index in [2.05, 4.69) is 18.8 Å². The van der Waals surface area contributed by atoms with Crippen LogP contribution in [0.1, 0.15) is 20.3 Å². The van der Waals surface area contributed by atoms with Crippen LogP contribution in [0, 0.1) is 11.2 Å². The van der Waals surface area contributed by atoms with Crippen LogP contribution in [0.25, 0.3) is 5.88 Å². The quantitative estimate of drug-likeness (QED) is 0.808. The first kappa shape index (κ1) is 13.7. The zero-order valence-corrected chi connectivity index (χ0v) is 12.0. The van der Waals surface area contributed by atoms with Crippen LogP contribution in [-0.4, -0.2) is 16.2 Å². The molecule has 3 rings (SSSR count). The number of hydrogen-bond donors (Lipinski definition) is 0. The number of hydrogen-bond acceptors (Lipinski definition) is 3. The smallest absolute Gasteiger partial charge is 0.244 e. The summed E-state index contributed by atoms with van der Waals surface area (Å²) in [6, 6.07) is 5.92. The Morgan fingerprint density at radius 1 is 1.33 bits per heavy atom. The van der Waals surface area contributed by atoms with E-state index in [4.69, 9.17) is 9.47 Å². The molecule has 0 saturated carbocycles. The summed E-state index contributed by atoms with van der Waals surface area (Å²) >= 11 is 0. The molecule has 1 fully saturated rings. The number of rotatable bonds is 3. The first-order valence-electron chi connectivity index (χ1n) is 6.85. The normalized spacial score (nSPS) is 19.2. The van der Waals surface area contributed by atoms with Crippen LogP contribution in [0.4, 0.5) is 4.39 Å². The predicted octanol–water partition coefficient (Wildman–Crippen LogP) is 3.67. The summed E-state index contributed by atoms with van der Waals surface area (Å²) < 4.78 is 26.5. The van der Waals surface area contributed by atoms with Crippen molar-refractivity contribution in [1.29, 1.82) is 0 Å². The first-order chi connectivity index (χ1) is 10.1. The Balaban J connectivity index is 2.02. The summed E-state index contributed by atoms with van der Waals surface area (Å²) in [6.07, 6.45) is 6.05. The number of ether oxygens (including phenoxy) is 2. The Morgan fingerprint density at radius 3 is 2.67 bits per heavy atom. The molecule has 0 spiro atoms. The maximum Gasteiger partial charge on any atom is 0.244 e. The summed E-state index contributed by atoms with van der Waals surface area (Å²) in [5.41, 5.74) is -0.111. The van der Waals surface area contributed by atoms with Gasteiger partial charge in [-0.25, -0.2) is 9.37 Å². The van der Waals surface area contributed by atoms with E-state index >= 15 is 0 Å². The molecule has 0 N–H and O–H groups in total. The molecule has 0 unspecified atom stereocenters. The number of halogens is 1. The van der Waals surface area contributed by atoms with Gasteiger partial charge in [0.25, 0.3) is 0 Å². The first-order valence-corrected chi connectivity index (χ1v) is 6.85. The number of allylic oxidation sites excluding steroid dienone is 1. The predicted molar refractivity (Wildman–Crippen MR) is 76.8 cm³/mol. The van der Waals surface area contributed by atoms with E-state index < -0.39 is 0 Å². The van der Waals surface area contributed by atoms with Crippen LogP contribution in [0.5, 0.6) is 5.75 Å². The Labute approximate surface area is 122 Å². The number of benzene rings is 1. The molecule has 0 bridgehead atoms. The van der Waals surface area contributed by atoms with E-state index in [1.165, 1.54) is 12.1 Å². The van der Waals surface area contributed by atoms with Gasteiger partial charge in [-0.05, 0) is 30.7 Å². The molecular weight excluding hydrogens is 271 g/mol. The molecular formula is C16H17FN2O2. The van der Waals surface area contributed by atoms with Gasteiger partial charge in [0.1, 0.15) is 17.9 Å². The molecule has 0 aliphatic carbocycles. The van der Waals surface area contributed by atoms with Gasteiger partial charge in [-0.2, -0.15) is 0 Å². The van der Waals surface area contributed by atoms with Gasteiger partial charge in [0.05, 0.1) is 6.61 Å². The summed E-state index contributed by atoms with van der Waals surface area (Å²) in [6.45, 7) is 4.88. The zero-order chi connectivity index (χ0) is 14.9. The monoisotopic (exact) mass is 288 g/mol. The molecule has 21 heavy (non-hydrogen) atoms. The van der Waals surface area contributed by atoms with Crippen LogP contribution < -0.4 is 4.74 Å². The van der Waals surface area contributed by atoms with Gasteiger partial charge in [0.2, 0.25) is 5.88 Å². The van der Waals surface area contributed by atoms with Gasteiger partial charge in [0, 0.05) is 17.8 Å². The van der Waals surface area contributed by atoms with E-state index in [-0.39, 0.29) is 11.2 Å². The third-order valence-electron chi connectivity index (χ3n) is 3.55. The van der Waals surface area contributed by atoms with Crippen LogP contribution >= 0.6 is 0 Å². The van der Waals surface area contributed by atoms with Gasteiger partial charge < -0.3 is 9.47 Å². The fraction of sp³-hybridized carbons (Fsp3) is 0.312.